The van der Waals surface area contributed by atoms with Gasteiger partial charge < -0.3 is 15.2 Å². The Balaban J connectivity index is 1.81. The average molecular weight is 380 g/mol. The molecule has 2 heterocycles. The summed E-state index contributed by atoms with van der Waals surface area (Å²) < 4.78 is 6.31. The Hall–Kier alpha value is -2.69. The number of rotatable bonds is 1. The number of phenols is 1. The van der Waals surface area contributed by atoms with E-state index in [1.165, 1.54) is 5.56 Å². The molecule has 0 aliphatic carbocycles. The Bertz CT molecular complexity index is 977. The predicted molar refractivity (Wildman–Crippen MR) is 110 cm³/mol. The van der Waals surface area contributed by atoms with Crippen LogP contribution in [0.2, 0.25) is 0 Å². The predicted octanol–water partition coefficient (Wildman–Crippen LogP) is 5.08. The Morgan fingerprint density at radius 2 is 1.89 bits per heavy atom. The molecule has 148 valence electrons. The van der Waals surface area contributed by atoms with Gasteiger partial charge in [-0.1, -0.05) is 26.8 Å². The number of hydrogen-bond acceptors (Lipinski definition) is 3. The first-order valence-electron chi connectivity index (χ1n) is 9.74. The van der Waals surface area contributed by atoms with Crippen LogP contribution in [0.1, 0.15) is 62.4 Å². The van der Waals surface area contributed by atoms with E-state index in [0.717, 1.165) is 22.4 Å². The third-order valence-electron chi connectivity index (χ3n) is 5.97. The van der Waals surface area contributed by atoms with Gasteiger partial charge in [-0.05, 0) is 67.1 Å². The second-order valence-electron chi connectivity index (χ2n) is 9.25. The summed E-state index contributed by atoms with van der Waals surface area (Å²) in [6.07, 6.45) is 0.603. The van der Waals surface area contributed by atoms with Crippen LogP contribution >= 0.6 is 0 Å². The maximum Gasteiger partial charge on any atom is 0.325 e. The van der Waals surface area contributed by atoms with E-state index in [9.17, 15) is 9.90 Å². The van der Waals surface area contributed by atoms with Crippen molar-refractivity contribution in [2.45, 2.75) is 65.1 Å². The van der Waals surface area contributed by atoms with E-state index in [2.05, 4.69) is 26.1 Å². The first-order chi connectivity index (χ1) is 13.0. The number of carbonyl (C=O) groups is 1. The lowest BCUT2D eigenvalue weighted by Gasteiger charge is -2.51. The van der Waals surface area contributed by atoms with Gasteiger partial charge in [0.2, 0.25) is 0 Å². The van der Waals surface area contributed by atoms with Crippen LogP contribution in [0.5, 0.6) is 11.5 Å². The zero-order valence-electron chi connectivity index (χ0n) is 17.4. The van der Waals surface area contributed by atoms with E-state index in [0.29, 0.717) is 12.2 Å². The van der Waals surface area contributed by atoms with E-state index in [1.54, 1.807) is 11.0 Å². The van der Waals surface area contributed by atoms with Gasteiger partial charge in [0.15, 0.2) is 17.2 Å². The number of aryl methyl sites for hydroxylation is 2. The molecule has 2 aromatic carbocycles. The molecule has 2 aliphatic heterocycles. The lowest BCUT2D eigenvalue weighted by Crippen LogP contribution is -2.65. The topological polar surface area (TPSA) is 61.8 Å². The molecule has 1 fully saturated rings. The molecule has 1 saturated heterocycles. The largest absolute Gasteiger partial charge is 0.504 e. The molecule has 2 bridgehead atoms. The molecule has 4 rings (SSSR count). The minimum Gasteiger partial charge on any atom is -0.504 e. The van der Waals surface area contributed by atoms with Gasteiger partial charge >= 0.3 is 6.03 Å². The van der Waals surface area contributed by atoms with Crippen molar-refractivity contribution in [1.82, 2.24) is 5.32 Å². The third-order valence-corrected chi connectivity index (χ3v) is 5.97. The van der Waals surface area contributed by atoms with E-state index in [4.69, 9.17) is 4.74 Å². The summed E-state index contributed by atoms with van der Waals surface area (Å²) in [5, 5.41) is 13.8. The fourth-order valence-corrected chi connectivity index (χ4v) is 4.14. The van der Waals surface area contributed by atoms with Crippen molar-refractivity contribution >= 4 is 11.7 Å². The molecule has 2 aliphatic rings. The van der Waals surface area contributed by atoms with E-state index in [1.807, 2.05) is 45.0 Å². The maximum absolute atomic E-state index is 13.1. The summed E-state index contributed by atoms with van der Waals surface area (Å²) in [6, 6.07) is 9.38. The van der Waals surface area contributed by atoms with Crippen molar-refractivity contribution in [1.29, 1.82) is 0 Å². The summed E-state index contributed by atoms with van der Waals surface area (Å²) in [7, 11) is 0. The SMILES string of the molecule is Cc1ccc(N2C(=O)N[C@H]3C[C@]2(C)Oc2c(O)cc(C(C)(C)C)cc23)cc1C. The van der Waals surface area contributed by atoms with Gasteiger partial charge in [-0.3, -0.25) is 4.90 Å². The van der Waals surface area contributed by atoms with Crippen LogP contribution in [0, 0.1) is 13.8 Å². The van der Waals surface area contributed by atoms with E-state index in [-0.39, 0.29) is 23.2 Å². The van der Waals surface area contributed by atoms with Crippen LogP contribution in [0.4, 0.5) is 10.5 Å². The van der Waals surface area contributed by atoms with Crippen molar-refractivity contribution in [3.63, 3.8) is 0 Å². The average Bonchev–Trinajstić information content (AvgIpc) is 2.57. The minimum atomic E-state index is -0.873. The summed E-state index contributed by atoms with van der Waals surface area (Å²) in [5.41, 5.74) is 3.95. The van der Waals surface area contributed by atoms with E-state index >= 15 is 0 Å². The first-order valence-corrected chi connectivity index (χ1v) is 9.74. The van der Waals surface area contributed by atoms with Crippen molar-refractivity contribution in [3.8, 4) is 11.5 Å². The highest BCUT2D eigenvalue weighted by Gasteiger charge is 2.50. The number of carbonyl (C=O) groups excluding carboxylic acids is 1. The number of nitrogens with zero attached hydrogens (tertiary/aromatic N) is 1. The molecule has 2 atom stereocenters. The molecule has 0 aromatic heterocycles. The number of phenolic OH excluding ortho intramolecular Hbond substituents is 1. The van der Waals surface area contributed by atoms with Gasteiger partial charge in [-0.2, -0.15) is 0 Å². The van der Waals surface area contributed by atoms with Crippen LogP contribution in [-0.2, 0) is 5.41 Å². The second-order valence-corrected chi connectivity index (χ2v) is 9.25. The summed E-state index contributed by atoms with van der Waals surface area (Å²) in [4.78, 5) is 14.7. The molecular weight excluding hydrogens is 352 g/mol. The van der Waals surface area contributed by atoms with E-state index < -0.39 is 5.72 Å². The van der Waals surface area contributed by atoms with Gasteiger partial charge in [0.25, 0.3) is 0 Å². The first kappa shape index (κ1) is 18.7. The number of urea groups is 1. The summed E-state index contributed by atoms with van der Waals surface area (Å²) >= 11 is 0. The number of fused-ring (bicyclic) bond motifs is 4. The van der Waals surface area contributed by atoms with Crippen LogP contribution in [0.3, 0.4) is 0 Å². The van der Waals surface area contributed by atoms with Crippen LogP contribution in [0.15, 0.2) is 30.3 Å². The molecule has 5 nitrogen and oxygen atoms in total. The quantitative estimate of drug-likeness (QED) is 0.725. The molecule has 0 unspecified atom stereocenters. The zero-order valence-corrected chi connectivity index (χ0v) is 17.4. The summed E-state index contributed by atoms with van der Waals surface area (Å²) in [6.45, 7) is 12.3. The number of aromatic hydroxyl groups is 1. The lowest BCUT2D eigenvalue weighted by atomic mass is 9.82. The number of hydrogen-bond donors (Lipinski definition) is 2. The number of benzene rings is 2. The Morgan fingerprint density at radius 1 is 1.18 bits per heavy atom. The fourth-order valence-electron chi connectivity index (χ4n) is 4.14. The molecule has 28 heavy (non-hydrogen) atoms. The normalized spacial score (nSPS) is 23.7. The highest BCUT2D eigenvalue weighted by atomic mass is 16.5. The van der Waals surface area contributed by atoms with Gasteiger partial charge in [-0.25, -0.2) is 4.79 Å². The van der Waals surface area contributed by atoms with Crippen molar-refractivity contribution in [2.24, 2.45) is 0 Å². The molecular formula is C23H28N2O3. The Labute approximate surface area is 166 Å². The molecule has 0 radical (unpaired) electrons. The zero-order chi connectivity index (χ0) is 20.4. The third kappa shape index (κ3) is 2.81. The standard InChI is InChI=1S/C23H28N2O3/c1-13-7-8-16(9-14(13)2)25-21(27)24-18-12-23(25,6)28-20-17(18)10-15(11-19(20)26)22(3,4)5/h7-11,18,26H,12H2,1-6H3,(H,24,27)/t18-,23-/m0/s1. The Kier molecular flexibility index (Phi) is 3.93. The van der Waals surface area contributed by atoms with Crippen LogP contribution in [-0.4, -0.2) is 16.9 Å². The molecule has 2 N–H and O–H groups in total. The fraction of sp³-hybridized carbons (Fsp3) is 0.435. The van der Waals surface area contributed by atoms with Gasteiger partial charge in [0.05, 0.1) is 6.04 Å². The van der Waals surface area contributed by atoms with Gasteiger partial charge in [-0.15, -0.1) is 0 Å². The minimum absolute atomic E-state index is 0.114. The Morgan fingerprint density at radius 3 is 2.54 bits per heavy atom. The second kappa shape index (κ2) is 5.90. The monoisotopic (exact) mass is 380 g/mol. The smallest absolute Gasteiger partial charge is 0.325 e. The van der Waals surface area contributed by atoms with Crippen molar-refractivity contribution in [2.75, 3.05) is 4.90 Å². The molecule has 2 amide bonds. The highest BCUT2D eigenvalue weighted by molar-refractivity contribution is 5.95. The number of amides is 2. The van der Waals surface area contributed by atoms with Crippen molar-refractivity contribution in [3.05, 3.63) is 52.6 Å². The van der Waals surface area contributed by atoms with Crippen LogP contribution in [0.25, 0.3) is 0 Å². The number of ether oxygens (including phenoxy) is 1. The molecule has 0 saturated carbocycles. The highest BCUT2D eigenvalue weighted by Crippen LogP contribution is 2.50. The van der Waals surface area contributed by atoms with Crippen LogP contribution < -0.4 is 15.0 Å². The molecule has 0 spiro atoms. The number of nitrogens with one attached hydrogen (secondary N) is 1. The maximum atomic E-state index is 13.1. The number of anilines is 1. The van der Waals surface area contributed by atoms with Gasteiger partial charge in [0, 0.05) is 17.7 Å². The molecule has 2 aromatic rings. The van der Waals surface area contributed by atoms with Crippen molar-refractivity contribution < 1.29 is 14.6 Å². The molecule has 5 heteroatoms. The van der Waals surface area contributed by atoms with Gasteiger partial charge in [0.1, 0.15) is 0 Å². The summed E-state index contributed by atoms with van der Waals surface area (Å²) in [5.74, 6) is 0.579. The lowest BCUT2D eigenvalue weighted by molar-refractivity contribution is 0.0348.